The molecule has 2 aromatic rings. The summed E-state index contributed by atoms with van der Waals surface area (Å²) in [5, 5.41) is 8.06. The van der Waals surface area contributed by atoms with E-state index < -0.39 is 0 Å². The number of thiocarbonyl (C=S) groups is 1. The van der Waals surface area contributed by atoms with Crippen molar-refractivity contribution in [1.29, 1.82) is 0 Å². The minimum Gasteiger partial charge on any atom is -0.381 e. The fraction of sp³-hybridized carbons (Fsp3) is 0.478. The minimum atomic E-state index is -0.0158. The van der Waals surface area contributed by atoms with Crippen molar-refractivity contribution in [3.05, 3.63) is 53.2 Å². The van der Waals surface area contributed by atoms with Gasteiger partial charge in [-0.05, 0) is 61.9 Å². The smallest absolute Gasteiger partial charge is 0.170 e. The summed E-state index contributed by atoms with van der Waals surface area (Å²) in [5.41, 5.74) is 2.15. The molecule has 0 bridgehead atoms. The van der Waals surface area contributed by atoms with Crippen molar-refractivity contribution in [2.75, 3.05) is 63.2 Å². The first-order chi connectivity index (χ1) is 15.0. The van der Waals surface area contributed by atoms with Crippen molar-refractivity contribution in [1.82, 2.24) is 15.2 Å². The van der Waals surface area contributed by atoms with Crippen LogP contribution in [-0.2, 0) is 10.2 Å². The molecular formula is C23H30ClN5OS. The Bertz CT molecular complexity index is 863. The van der Waals surface area contributed by atoms with Gasteiger partial charge in [0.05, 0.1) is 11.9 Å². The number of nitrogens with one attached hydrogen (secondary N) is 2. The van der Waals surface area contributed by atoms with E-state index in [4.69, 9.17) is 28.6 Å². The first kappa shape index (κ1) is 22.3. The normalized spacial score (nSPS) is 19.1. The quantitative estimate of drug-likeness (QED) is 0.663. The van der Waals surface area contributed by atoms with Gasteiger partial charge in [0.15, 0.2) is 5.11 Å². The van der Waals surface area contributed by atoms with Gasteiger partial charge in [-0.3, -0.25) is 0 Å². The van der Waals surface area contributed by atoms with E-state index in [1.54, 1.807) is 0 Å². The molecule has 0 unspecified atom stereocenters. The molecule has 31 heavy (non-hydrogen) atoms. The van der Waals surface area contributed by atoms with Gasteiger partial charge < -0.3 is 25.2 Å². The lowest BCUT2D eigenvalue weighted by atomic mass is 9.74. The van der Waals surface area contributed by atoms with Gasteiger partial charge in [-0.25, -0.2) is 4.98 Å². The molecule has 0 aliphatic carbocycles. The van der Waals surface area contributed by atoms with Crippen molar-refractivity contribution >= 4 is 40.4 Å². The first-order valence-electron chi connectivity index (χ1n) is 10.8. The van der Waals surface area contributed by atoms with Crippen LogP contribution in [0.1, 0.15) is 18.4 Å². The highest BCUT2D eigenvalue weighted by molar-refractivity contribution is 7.80. The van der Waals surface area contributed by atoms with E-state index in [1.807, 2.05) is 24.4 Å². The molecule has 1 aromatic heterocycles. The molecule has 0 saturated carbocycles. The third kappa shape index (κ3) is 5.66. The number of aromatic nitrogens is 1. The number of likely N-dealkylation sites (N-methyl/N-ethyl adjacent to an activating group) is 1. The Balaban J connectivity index is 1.34. The number of rotatable bonds is 5. The Morgan fingerprint density at radius 2 is 1.81 bits per heavy atom. The van der Waals surface area contributed by atoms with E-state index in [0.29, 0.717) is 5.11 Å². The van der Waals surface area contributed by atoms with Crippen molar-refractivity contribution in [3.63, 3.8) is 0 Å². The van der Waals surface area contributed by atoms with E-state index in [9.17, 15) is 0 Å². The van der Waals surface area contributed by atoms with Crippen LogP contribution in [0.2, 0.25) is 5.02 Å². The van der Waals surface area contributed by atoms with E-state index >= 15 is 0 Å². The van der Waals surface area contributed by atoms with Gasteiger partial charge in [0, 0.05) is 56.4 Å². The van der Waals surface area contributed by atoms with Crippen molar-refractivity contribution < 1.29 is 4.74 Å². The molecule has 0 radical (unpaired) electrons. The molecule has 8 heteroatoms. The van der Waals surface area contributed by atoms with Crippen LogP contribution < -0.4 is 15.5 Å². The predicted molar refractivity (Wildman–Crippen MR) is 131 cm³/mol. The highest BCUT2D eigenvalue weighted by Crippen LogP contribution is 2.35. The molecule has 2 saturated heterocycles. The van der Waals surface area contributed by atoms with Crippen molar-refractivity contribution in [2.24, 2.45) is 0 Å². The minimum absolute atomic E-state index is 0.0158. The zero-order valence-electron chi connectivity index (χ0n) is 17.9. The lowest BCUT2D eigenvalue weighted by molar-refractivity contribution is 0.0515. The maximum absolute atomic E-state index is 6.10. The van der Waals surface area contributed by atoms with Crippen molar-refractivity contribution in [3.8, 4) is 0 Å². The molecule has 2 aliphatic rings. The van der Waals surface area contributed by atoms with E-state index in [2.05, 4.69) is 50.7 Å². The topological polar surface area (TPSA) is 52.7 Å². The summed E-state index contributed by atoms with van der Waals surface area (Å²) in [6, 6.07) is 12.2. The Hall–Kier alpha value is -1.93. The van der Waals surface area contributed by atoms with Gasteiger partial charge in [-0.1, -0.05) is 23.7 Å². The average molecular weight is 460 g/mol. The predicted octanol–water partition coefficient (Wildman–Crippen LogP) is 3.52. The largest absolute Gasteiger partial charge is 0.381 e. The number of pyridine rings is 1. The van der Waals surface area contributed by atoms with E-state index in [1.165, 1.54) is 5.56 Å². The van der Waals surface area contributed by atoms with Gasteiger partial charge in [-0.2, -0.15) is 0 Å². The Kier molecular flexibility index (Phi) is 7.27. The Morgan fingerprint density at radius 1 is 1.10 bits per heavy atom. The highest BCUT2D eigenvalue weighted by atomic mass is 35.5. The van der Waals surface area contributed by atoms with E-state index in [-0.39, 0.29) is 5.41 Å². The van der Waals surface area contributed by atoms with Crippen LogP contribution in [0, 0.1) is 0 Å². The molecule has 2 aliphatic heterocycles. The lowest BCUT2D eigenvalue weighted by Crippen LogP contribution is -2.45. The summed E-state index contributed by atoms with van der Waals surface area (Å²) in [5.74, 6) is 1.02. The zero-order valence-corrected chi connectivity index (χ0v) is 19.5. The summed E-state index contributed by atoms with van der Waals surface area (Å²) >= 11 is 11.7. The molecule has 3 heterocycles. The van der Waals surface area contributed by atoms with Crippen LogP contribution in [-0.4, -0.2) is 68.0 Å². The average Bonchev–Trinajstić information content (AvgIpc) is 2.80. The molecule has 0 amide bonds. The summed E-state index contributed by atoms with van der Waals surface area (Å²) in [4.78, 5) is 9.29. The fourth-order valence-electron chi connectivity index (χ4n) is 4.24. The summed E-state index contributed by atoms with van der Waals surface area (Å²) in [6.45, 7) is 6.40. The van der Waals surface area contributed by atoms with Crippen LogP contribution in [0.4, 0.5) is 11.5 Å². The molecule has 2 fully saturated rings. The number of anilines is 2. The maximum Gasteiger partial charge on any atom is 0.170 e. The summed E-state index contributed by atoms with van der Waals surface area (Å²) in [7, 11) is 2.16. The second-order valence-corrected chi connectivity index (χ2v) is 9.25. The SMILES string of the molecule is CN1CCN(c2ccc(NC(=S)NCC3(c4ccc(Cl)cc4)CCOCC3)cn2)CC1. The van der Waals surface area contributed by atoms with Gasteiger partial charge >= 0.3 is 0 Å². The van der Waals surface area contributed by atoms with Gasteiger partial charge in [0.1, 0.15) is 5.82 Å². The highest BCUT2D eigenvalue weighted by Gasteiger charge is 2.34. The number of ether oxygens (including phenoxy) is 1. The number of hydrogen-bond donors (Lipinski definition) is 2. The Labute approximate surface area is 194 Å². The lowest BCUT2D eigenvalue weighted by Gasteiger charge is -2.38. The molecule has 0 atom stereocenters. The molecular weight excluding hydrogens is 430 g/mol. The van der Waals surface area contributed by atoms with Gasteiger partial charge in [0.2, 0.25) is 0 Å². The van der Waals surface area contributed by atoms with Gasteiger partial charge in [-0.15, -0.1) is 0 Å². The number of benzene rings is 1. The zero-order chi connectivity index (χ0) is 21.7. The summed E-state index contributed by atoms with van der Waals surface area (Å²) < 4.78 is 5.62. The molecule has 1 aromatic carbocycles. The van der Waals surface area contributed by atoms with Crippen LogP contribution in [0.25, 0.3) is 0 Å². The second-order valence-electron chi connectivity index (χ2n) is 8.40. The monoisotopic (exact) mass is 459 g/mol. The van der Waals surface area contributed by atoms with Crippen LogP contribution in [0.5, 0.6) is 0 Å². The van der Waals surface area contributed by atoms with E-state index in [0.717, 1.165) is 75.3 Å². The number of piperazine rings is 1. The second kappa shape index (κ2) is 10.1. The molecule has 166 valence electrons. The third-order valence-corrected chi connectivity index (χ3v) is 6.83. The molecule has 0 spiro atoms. The molecule has 4 rings (SSSR count). The van der Waals surface area contributed by atoms with Crippen LogP contribution in [0.15, 0.2) is 42.6 Å². The standard InChI is InChI=1S/C23H30ClN5OS/c1-28-10-12-29(13-11-28)21-7-6-20(16-25-21)27-22(31)26-17-23(8-14-30-15-9-23)18-2-4-19(24)5-3-18/h2-7,16H,8-15,17H2,1H3,(H2,26,27,31). The maximum atomic E-state index is 6.10. The first-order valence-corrected chi connectivity index (χ1v) is 11.6. The number of halogens is 1. The van der Waals surface area contributed by atoms with Crippen LogP contribution in [0.3, 0.4) is 0 Å². The number of hydrogen-bond acceptors (Lipinski definition) is 5. The van der Waals surface area contributed by atoms with Crippen molar-refractivity contribution in [2.45, 2.75) is 18.3 Å². The fourth-order valence-corrected chi connectivity index (χ4v) is 4.56. The molecule has 2 N–H and O–H groups in total. The number of nitrogens with zero attached hydrogens (tertiary/aromatic N) is 3. The third-order valence-electron chi connectivity index (χ3n) is 6.33. The molecule has 6 nitrogen and oxygen atoms in total. The Morgan fingerprint density at radius 3 is 2.45 bits per heavy atom. The van der Waals surface area contributed by atoms with Crippen LogP contribution >= 0.6 is 23.8 Å². The summed E-state index contributed by atoms with van der Waals surface area (Å²) in [6.07, 6.45) is 3.75. The van der Waals surface area contributed by atoms with Gasteiger partial charge in [0.25, 0.3) is 0 Å².